The van der Waals surface area contributed by atoms with Gasteiger partial charge in [0, 0.05) is 36.9 Å². The van der Waals surface area contributed by atoms with E-state index in [4.69, 9.17) is 11.6 Å². The molecule has 0 aromatic heterocycles. The summed E-state index contributed by atoms with van der Waals surface area (Å²) in [6.07, 6.45) is 0. The molecule has 96 valence electrons. The molecule has 1 saturated heterocycles. The minimum Gasteiger partial charge on any atom is -0.332 e. The maximum atomic E-state index is 11.8. The van der Waals surface area contributed by atoms with Gasteiger partial charge >= 0.3 is 11.8 Å². The van der Waals surface area contributed by atoms with Gasteiger partial charge in [-0.2, -0.15) is 0 Å². The number of nitrogens with one attached hydrogen (secondary N) is 2. The Kier molecular flexibility index (Phi) is 4.17. The molecule has 5 nitrogen and oxygen atoms in total. The molecule has 1 aliphatic heterocycles. The number of nitrogens with zero attached hydrogens (tertiary/aromatic N) is 1. The number of hydrogen-bond donors (Lipinski definition) is 2. The summed E-state index contributed by atoms with van der Waals surface area (Å²) >= 11 is 5.74. The topological polar surface area (TPSA) is 61.4 Å². The van der Waals surface area contributed by atoms with Crippen LogP contribution >= 0.6 is 11.6 Å². The van der Waals surface area contributed by atoms with Crippen molar-refractivity contribution in [2.45, 2.75) is 0 Å². The molecule has 0 aliphatic carbocycles. The lowest BCUT2D eigenvalue weighted by Crippen LogP contribution is -2.49. The van der Waals surface area contributed by atoms with E-state index in [-0.39, 0.29) is 0 Å². The number of rotatable bonds is 1. The van der Waals surface area contributed by atoms with Crippen molar-refractivity contribution in [3.63, 3.8) is 0 Å². The summed E-state index contributed by atoms with van der Waals surface area (Å²) in [5.74, 6) is -1.11. The molecule has 0 saturated carbocycles. The predicted molar refractivity (Wildman–Crippen MR) is 69.5 cm³/mol. The van der Waals surface area contributed by atoms with Gasteiger partial charge in [-0.3, -0.25) is 9.59 Å². The quantitative estimate of drug-likeness (QED) is 0.737. The molecule has 0 bridgehead atoms. The molecule has 0 atom stereocenters. The molecule has 2 N–H and O–H groups in total. The van der Waals surface area contributed by atoms with Crippen LogP contribution in [0.4, 0.5) is 5.69 Å². The summed E-state index contributed by atoms with van der Waals surface area (Å²) in [6, 6.07) is 6.63. The van der Waals surface area contributed by atoms with Crippen LogP contribution in [0.2, 0.25) is 5.02 Å². The highest BCUT2D eigenvalue weighted by Crippen LogP contribution is 2.13. The predicted octanol–water partition coefficient (Wildman–Crippen LogP) is 0.710. The number of piperazine rings is 1. The molecule has 18 heavy (non-hydrogen) atoms. The fraction of sp³-hybridized carbons (Fsp3) is 0.333. The first-order valence-corrected chi connectivity index (χ1v) is 6.11. The standard InChI is InChI=1S/C12H14ClN3O2/c13-9-1-3-10(4-2-9)15-11(17)12(18)16-7-5-14-6-8-16/h1-4,14H,5-8H2,(H,15,17). The second-order valence-electron chi connectivity index (χ2n) is 4.00. The summed E-state index contributed by atoms with van der Waals surface area (Å²) in [5.41, 5.74) is 0.563. The van der Waals surface area contributed by atoms with E-state index >= 15 is 0 Å². The normalized spacial score (nSPS) is 15.3. The second kappa shape index (κ2) is 5.84. The number of anilines is 1. The van der Waals surface area contributed by atoms with Crippen molar-refractivity contribution in [2.75, 3.05) is 31.5 Å². The van der Waals surface area contributed by atoms with E-state index in [0.29, 0.717) is 23.8 Å². The summed E-state index contributed by atoms with van der Waals surface area (Å²) in [5, 5.41) is 6.27. The molecule has 2 rings (SSSR count). The number of amides is 2. The minimum absolute atomic E-state index is 0.494. The van der Waals surface area contributed by atoms with Crippen LogP contribution in [0.15, 0.2) is 24.3 Å². The first-order chi connectivity index (χ1) is 8.66. The lowest BCUT2D eigenvalue weighted by molar-refractivity contribution is -0.143. The fourth-order valence-corrected chi connectivity index (χ4v) is 1.86. The van der Waals surface area contributed by atoms with Gasteiger partial charge in [0.05, 0.1) is 0 Å². The summed E-state index contributed by atoms with van der Waals surface area (Å²) in [4.78, 5) is 25.1. The van der Waals surface area contributed by atoms with E-state index in [1.807, 2.05) is 0 Å². The van der Waals surface area contributed by atoms with Gasteiger partial charge in [-0.15, -0.1) is 0 Å². The smallest absolute Gasteiger partial charge is 0.313 e. The summed E-state index contributed by atoms with van der Waals surface area (Å²) < 4.78 is 0. The Hall–Kier alpha value is -1.59. The number of benzene rings is 1. The molecular formula is C12H14ClN3O2. The zero-order chi connectivity index (χ0) is 13.0. The van der Waals surface area contributed by atoms with Crippen molar-refractivity contribution >= 4 is 29.1 Å². The van der Waals surface area contributed by atoms with Gasteiger partial charge in [0.2, 0.25) is 0 Å². The molecule has 1 heterocycles. The summed E-state index contributed by atoms with van der Waals surface area (Å²) in [6.45, 7) is 2.57. The van der Waals surface area contributed by atoms with Gasteiger partial charge in [-0.05, 0) is 24.3 Å². The van der Waals surface area contributed by atoms with E-state index in [1.165, 1.54) is 0 Å². The molecule has 1 aromatic rings. The Morgan fingerprint density at radius 2 is 1.78 bits per heavy atom. The van der Waals surface area contributed by atoms with Crippen molar-refractivity contribution < 1.29 is 9.59 Å². The van der Waals surface area contributed by atoms with E-state index in [9.17, 15) is 9.59 Å². The summed E-state index contributed by atoms with van der Waals surface area (Å²) in [7, 11) is 0. The molecule has 0 radical (unpaired) electrons. The van der Waals surface area contributed by atoms with Crippen LogP contribution in [-0.4, -0.2) is 42.9 Å². The number of carbonyl (C=O) groups excluding carboxylic acids is 2. The van der Waals surface area contributed by atoms with E-state index in [2.05, 4.69) is 10.6 Å². The Morgan fingerprint density at radius 1 is 1.17 bits per heavy atom. The molecule has 1 aromatic carbocycles. The molecular weight excluding hydrogens is 254 g/mol. The second-order valence-corrected chi connectivity index (χ2v) is 4.44. The highest BCUT2D eigenvalue weighted by Gasteiger charge is 2.22. The number of carbonyl (C=O) groups is 2. The van der Waals surface area contributed by atoms with Crippen molar-refractivity contribution in [1.29, 1.82) is 0 Å². The SMILES string of the molecule is O=C(Nc1ccc(Cl)cc1)C(=O)N1CCNCC1. The van der Waals surface area contributed by atoms with E-state index < -0.39 is 11.8 Å². The molecule has 1 fully saturated rings. The largest absolute Gasteiger partial charge is 0.332 e. The fourth-order valence-electron chi connectivity index (χ4n) is 1.73. The zero-order valence-electron chi connectivity index (χ0n) is 9.78. The Balaban J connectivity index is 1.94. The minimum atomic E-state index is -0.612. The van der Waals surface area contributed by atoms with Crippen LogP contribution in [0.25, 0.3) is 0 Å². The highest BCUT2D eigenvalue weighted by atomic mass is 35.5. The van der Waals surface area contributed by atoms with Gasteiger partial charge in [-0.25, -0.2) is 0 Å². The average Bonchev–Trinajstić information content (AvgIpc) is 2.41. The molecule has 6 heteroatoms. The van der Waals surface area contributed by atoms with Gasteiger partial charge in [0.1, 0.15) is 0 Å². The maximum Gasteiger partial charge on any atom is 0.313 e. The van der Waals surface area contributed by atoms with Crippen LogP contribution in [-0.2, 0) is 9.59 Å². The van der Waals surface area contributed by atoms with Gasteiger partial charge in [0.25, 0.3) is 0 Å². The Morgan fingerprint density at radius 3 is 2.39 bits per heavy atom. The highest BCUT2D eigenvalue weighted by molar-refractivity contribution is 6.39. The number of halogens is 1. The molecule has 0 unspecified atom stereocenters. The van der Waals surface area contributed by atoms with Gasteiger partial charge < -0.3 is 15.5 Å². The number of hydrogen-bond acceptors (Lipinski definition) is 3. The first-order valence-electron chi connectivity index (χ1n) is 5.73. The molecule has 0 spiro atoms. The van der Waals surface area contributed by atoms with Crippen molar-refractivity contribution in [1.82, 2.24) is 10.2 Å². The van der Waals surface area contributed by atoms with Crippen molar-refractivity contribution in [3.05, 3.63) is 29.3 Å². The Labute approximate surface area is 110 Å². The first kappa shape index (κ1) is 12.9. The van der Waals surface area contributed by atoms with Crippen LogP contribution in [0.5, 0.6) is 0 Å². The average molecular weight is 268 g/mol. The molecule has 2 amide bonds. The van der Waals surface area contributed by atoms with Crippen LogP contribution < -0.4 is 10.6 Å². The van der Waals surface area contributed by atoms with Crippen LogP contribution in [0.3, 0.4) is 0 Å². The third-order valence-corrected chi connectivity index (χ3v) is 2.95. The third kappa shape index (κ3) is 3.21. The maximum absolute atomic E-state index is 11.8. The van der Waals surface area contributed by atoms with E-state index in [0.717, 1.165) is 13.1 Å². The lowest BCUT2D eigenvalue weighted by atomic mass is 10.3. The monoisotopic (exact) mass is 267 g/mol. The third-order valence-electron chi connectivity index (χ3n) is 2.70. The van der Waals surface area contributed by atoms with E-state index in [1.54, 1.807) is 29.2 Å². The van der Waals surface area contributed by atoms with Gasteiger partial charge in [-0.1, -0.05) is 11.6 Å². The zero-order valence-corrected chi connectivity index (χ0v) is 10.5. The van der Waals surface area contributed by atoms with Gasteiger partial charge in [0.15, 0.2) is 0 Å². The Bertz CT molecular complexity index is 441. The van der Waals surface area contributed by atoms with Crippen molar-refractivity contribution in [3.8, 4) is 0 Å². The molecule has 1 aliphatic rings. The van der Waals surface area contributed by atoms with Crippen molar-refractivity contribution in [2.24, 2.45) is 0 Å². The lowest BCUT2D eigenvalue weighted by Gasteiger charge is -2.26. The van der Waals surface area contributed by atoms with Crippen LogP contribution in [0, 0.1) is 0 Å². The van der Waals surface area contributed by atoms with Crippen LogP contribution in [0.1, 0.15) is 0 Å².